The first-order valence-corrected chi connectivity index (χ1v) is 4.67. The molecule has 0 saturated heterocycles. The molecular weight excluding hydrogens is 227 g/mol. The minimum absolute atomic E-state index is 0.00680. The van der Waals surface area contributed by atoms with Gasteiger partial charge in [-0.2, -0.15) is 0 Å². The number of rotatable bonds is 1. The molecule has 0 aliphatic rings. The van der Waals surface area contributed by atoms with Crippen molar-refractivity contribution in [2.45, 2.75) is 13.8 Å². The summed E-state index contributed by atoms with van der Waals surface area (Å²) in [5.74, 6) is -0.586. The predicted octanol–water partition coefficient (Wildman–Crippen LogP) is 2.60. The van der Waals surface area contributed by atoms with Gasteiger partial charge in [0, 0.05) is 6.20 Å². The van der Waals surface area contributed by atoms with E-state index in [1.165, 1.54) is 13.3 Å². The van der Waals surface area contributed by atoms with Crippen LogP contribution in [0.4, 0.5) is 0 Å². The van der Waals surface area contributed by atoms with Crippen LogP contribution in [0.3, 0.4) is 0 Å². The topological polar surface area (TPSA) is 52.1 Å². The number of ether oxygens (including phenoxy) is 1. The Morgan fingerprint density at radius 3 is 2.43 bits per heavy atom. The highest BCUT2D eigenvalue weighted by atomic mass is 35.5. The van der Waals surface area contributed by atoms with Crippen molar-refractivity contribution in [3.63, 3.8) is 0 Å². The van der Waals surface area contributed by atoms with E-state index in [4.69, 9.17) is 23.2 Å². The third-order valence-electron chi connectivity index (χ3n) is 1.12. The Morgan fingerprint density at radius 1 is 1.43 bits per heavy atom. The van der Waals surface area contributed by atoms with Crippen molar-refractivity contribution in [3.05, 3.63) is 22.2 Å². The lowest BCUT2D eigenvalue weighted by atomic mass is 10.3. The molecule has 0 atom stereocenters. The Labute approximate surface area is 92.2 Å². The summed E-state index contributed by atoms with van der Waals surface area (Å²) in [7, 11) is 1.24. The highest BCUT2D eigenvalue weighted by Crippen LogP contribution is 2.14. The van der Waals surface area contributed by atoms with Gasteiger partial charge in [0.05, 0.1) is 7.11 Å². The minimum atomic E-state index is -0.586. The van der Waals surface area contributed by atoms with Crippen LogP contribution < -0.4 is 0 Å². The van der Waals surface area contributed by atoms with Crippen molar-refractivity contribution in [2.24, 2.45) is 0 Å². The Bertz CT molecular complexity index is 318. The van der Waals surface area contributed by atoms with Crippen LogP contribution in [0, 0.1) is 0 Å². The zero-order valence-electron chi connectivity index (χ0n) is 8.04. The summed E-state index contributed by atoms with van der Waals surface area (Å²) >= 11 is 11.0. The molecule has 1 aromatic heterocycles. The molecule has 0 saturated carbocycles. The summed E-state index contributed by atoms with van der Waals surface area (Å²) in [4.78, 5) is 18.1. The second kappa shape index (κ2) is 6.56. The van der Waals surface area contributed by atoms with Crippen molar-refractivity contribution >= 4 is 29.2 Å². The van der Waals surface area contributed by atoms with E-state index in [-0.39, 0.29) is 16.0 Å². The summed E-state index contributed by atoms with van der Waals surface area (Å²) in [5.41, 5.74) is 0.101. The molecule has 0 aliphatic carbocycles. The number of esters is 1. The Morgan fingerprint density at radius 2 is 2.00 bits per heavy atom. The molecule has 14 heavy (non-hydrogen) atoms. The number of hydrogen-bond acceptors (Lipinski definition) is 4. The zero-order chi connectivity index (χ0) is 11.1. The van der Waals surface area contributed by atoms with Gasteiger partial charge in [0.2, 0.25) is 5.28 Å². The molecule has 0 bridgehead atoms. The molecule has 0 amide bonds. The van der Waals surface area contributed by atoms with Gasteiger partial charge < -0.3 is 4.74 Å². The molecule has 0 spiro atoms. The third kappa shape index (κ3) is 3.47. The van der Waals surface area contributed by atoms with Gasteiger partial charge in [-0.1, -0.05) is 25.4 Å². The lowest BCUT2D eigenvalue weighted by Gasteiger charge is -1.99. The van der Waals surface area contributed by atoms with Crippen LogP contribution in [-0.2, 0) is 4.74 Å². The zero-order valence-corrected chi connectivity index (χ0v) is 9.56. The van der Waals surface area contributed by atoms with E-state index in [1.54, 1.807) is 0 Å². The number of hydrogen-bond donors (Lipinski definition) is 0. The highest BCUT2D eigenvalue weighted by molar-refractivity contribution is 6.33. The maximum atomic E-state index is 10.9. The second-order valence-electron chi connectivity index (χ2n) is 1.84. The van der Waals surface area contributed by atoms with Crippen LogP contribution in [0.1, 0.15) is 24.2 Å². The summed E-state index contributed by atoms with van der Waals surface area (Å²) in [6.45, 7) is 4.00. The fraction of sp³-hybridized carbons (Fsp3) is 0.375. The Kier molecular flexibility index (Phi) is 6.16. The van der Waals surface area contributed by atoms with E-state index < -0.39 is 5.97 Å². The average molecular weight is 237 g/mol. The first-order chi connectivity index (χ1) is 6.65. The van der Waals surface area contributed by atoms with Crippen molar-refractivity contribution < 1.29 is 9.53 Å². The molecule has 0 aromatic carbocycles. The summed E-state index contributed by atoms with van der Waals surface area (Å²) < 4.78 is 4.41. The maximum absolute atomic E-state index is 10.9. The maximum Gasteiger partial charge on any atom is 0.342 e. The number of aromatic nitrogens is 2. The molecule has 78 valence electrons. The largest absolute Gasteiger partial charge is 0.465 e. The van der Waals surface area contributed by atoms with Gasteiger partial charge in [-0.25, -0.2) is 14.8 Å². The molecule has 1 aromatic rings. The first-order valence-electron chi connectivity index (χ1n) is 3.91. The number of methoxy groups -OCH3 is 1. The fourth-order valence-corrected chi connectivity index (χ4v) is 0.971. The quantitative estimate of drug-likeness (QED) is 0.428. The number of carbonyl (C=O) groups is 1. The van der Waals surface area contributed by atoms with E-state index in [0.717, 1.165) is 0 Å². The van der Waals surface area contributed by atoms with E-state index in [9.17, 15) is 4.79 Å². The summed E-state index contributed by atoms with van der Waals surface area (Å²) in [5, 5.41) is -0.0190. The van der Waals surface area contributed by atoms with Gasteiger partial charge in [-0.15, -0.1) is 0 Å². The molecule has 0 N–H and O–H groups in total. The normalized spacial score (nSPS) is 8.64. The molecule has 0 radical (unpaired) electrons. The SMILES string of the molecule is CC.COC(=O)c1cnc(Cl)nc1Cl. The predicted molar refractivity (Wildman–Crippen MR) is 54.7 cm³/mol. The smallest absolute Gasteiger partial charge is 0.342 e. The van der Waals surface area contributed by atoms with Gasteiger partial charge in [0.1, 0.15) is 10.7 Å². The van der Waals surface area contributed by atoms with Crippen LogP contribution in [0.15, 0.2) is 6.20 Å². The second-order valence-corrected chi connectivity index (χ2v) is 2.53. The number of nitrogens with zero attached hydrogens (tertiary/aromatic N) is 2. The molecule has 1 heterocycles. The molecule has 4 nitrogen and oxygen atoms in total. The molecule has 0 fully saturated rings. The molecular formula is C8H10Cl2N2O2. The van der Waals surface area contributed by atoms with Gasteiger partial charge in [0.25, 0.3) is 0 Å². The van der Waals surface area contributed by atoms with E-state index >= 15 is 0 Å². The van der Waals surface area contributed by atoms with Crippen LogP contribution in [-0.4, -0.2) is 23.0 Å². The van der Waals surface area contributed by atoms with Gasteiger partial charge in [0.15, 0.2) is 0 Å². The van der Waals surface area contributed by atoms with E-state index in [0.29, 0.717) is 0 Å². The number of halogens is 2. The average Bonchev–Trinajstić information content (AvgIpc) is 2.20. The van der Waals surface area contributed by atoms with Gasteiger partial charge in [-0.3, -0.25) is 0 Å². The highest BCUT2D eigenvalue weighted by Gasteiger charge is 2.12. The van der Waals surface area contributed by atoms with E-state index in [1.807, 2.05) is 13.8 Å². The van der Waals surface area contributed by atoms with Crippen molar-refractivity contribution in [1.29, 1.82) is 0 Å². The minimum Gasteiger partial charge on any atom is -0.465 e. The standard InChI is InChI=1S/C6H4Cl2N2O2.C2H6/c1-12-5(11)3-2-9-6(8)10-4(3)7;1-2/h2H,1H3;1-2H3. The molecule has 0 unspecified atom stereocenters. The summed E-state index contributed by atoms with van der Waals surface area (Å²) in [6, 6.07) is 0. The lowest BCUT2D eigenvalue weighted by Crippen LogP contribution is -2.04. The monoisotopic (exact) mass is 236 g/mol. The Balaban J connectivity index is 0.000000791. The fourth-order valence-electron chi connectivity index (χ4n) is 0.588. The molecule has 0 aliphatic heterocycles. The van der Waals surface area contributed by atoms with Crippen molar-refractivity contribution in [3.8, 4) is 0 Å². The number of carbonyl (C=O) groups excluding carboxylic acids is 1. The van der Waals surface area contributed by atoms with E-state index in [2.05, 4.69) is 14.7 Å². The first kappa shape index (κ1) is 13.1. The third-order valence-corrected chi connectivity index (χ3v) is 1.59. The van der Waals surface area contributed by atoms with Crippen LogP contribution in [0.25, 0.3) is 0 Å². The Hall–Kier alpha value is -0.870. The van der Waals surface area contributed by atoms with Crippen LogP contribution >= 0.6 is 23.2 Å². The van der Waals surface area contributed by atoms with Crippen LogP contribution in [0.5, 0.6) is 0 Å². The lowest BCUT2D eigenvalue weighted by molar-refractivity contribution is 0.0600. The van der Waals surface area contributed by atoms with Crippen molar-refractivity contribution in [2.75, 3.05) is 7.11 Å². The summed E-state index contributed by atoms with van der Waals surface area (Å²) in [6.07, 6.45) is 1.21. The molecule has 1 rings (SSSR count). The van der Waals surface area contributed by atoms with Gasteiger partial charge >= 0.3 is 5.97 Å². The van der Waals surface area contributed by atoms with Crippen LogP contribution in [0.2, 0.25) is 10.4 Å². The van der Waals surface area contributed by atoms with Gasteiger partial charge in [-0.05, 0) is 11.6 Å². The van der Waals surface area contributed by atoms with Crippen molar-refractivity contribution in [1.82, 2.24) is 9.97 Å². The molecule has 6 heteroatoms.